The Kier molecular flexibility index (Phi) is 2.52. The zero-order valence-corrected chi connectivity index (χ0v) is 10.8. The number of para-hydroxylation sites is 1. The van der Waals surface area contributed by atoms with E-state index in [2.05, 4.69) is 4.98 Å². The molecule has 1 unspecified atom stereocenters. The zero-order valence-electron chi connectivity index (χ0n) is 10.8. The number of fused-ring (bicyclic) bond motifs is 3. The largest absolute Gasteiger partial charge is 0.350 e. The normalized spacial score (nSPS) is 12.9. The van der Waals surface area contributed by atoms with Crippen molar-refractivity contribution < 1.29 is 4.79 Å². The third-order valence-corrected chi connectivity index (χ3v) is 3.60. The van der Waals surface area contributed by atoms with Crippen LogP contribution in [0.5, 0.6) is 0 Å². The summed E-state index contributed by atoms with van der Waals surface area (Å²) in [6, 6.07) is 9.23. The first-order valence-corrected chi connectivity index (χ1v) is 6.21. The molecule has 0 spiro atoms. The lowest BCUT2D eigenvalue weighted by Crippen LogP contribution is -2.26. The minimum absolute atomic E-state index is 0.0300. The number of nitrogens with one attached hydrogen (secondary N) is 1. The molecule has 3 aromatic rings. The van der Waals surface area contributed by atoms with Gasteiger partial charge in [0, 0.05) is 22.5 Å². The first kappa shape index (κ1) is 11.7. The molecule has 0 bridgehead atoms. The van der Waals surface area contributed by atoms with E-state index in [1.807, 2.05) is 30.3 Å². The van der Waals surface area contributed by atoms with Gasteiger partial charge in [-0.2, -0.15) is 0 Å². The Labute approximate surface area is 109 Å². The number of benzene rings is 1. The van der Waals surface area contributed by atoms with Gasteiger partial charge >= 0.3 is 0 Å². The molecule has 4 nitrogen and oxygen atoms in total. The van der Waals surface area contributed by atoms with E-state index in [0.29, 0.717) is 5.52 Å². The molecule has 1 N–H and O–H groups in total. The average Bonchev–Trinajstić information content (AvgIpc) is 2.78. The van der Waals surface area contributed by atoms with Crippen LogP contribution < -0.4 is 5.56 Å². The fraction of sp³-hybridized carbons (Fsp3) is 0.200. The van der Waals surface area contributed by atoms with Crippen molar-refractivity contribution in [2.24, 2.45) is 0 Å². The summed E-state index contributed by atoms with van der Waals surface area (Å²) >= 11 is 0. The van der Waals surface area contributed by atoms with E-state index in [1.54, 1.807) is 13.1 Å². The highest BCUT2D eigenvalue weighted by Gasteiger charge is 2.15. The fourth-order valence-electron chi connectivity index (χ4n) is 2.36. The van der Waals surface area contributed by atoms with E-state index < -0.39 is 6.04 Å². The van der Waals surface area contributed by atoms with Gasteiger partial charge in [0.2, 0.25) is 0 Å². The minimum atomic E-state index is -0.441. The number of nitrogens with zero attached hydrogens (tertiary/aromatic N) is 1. The highest BCUT2D eigenvalue weighted by atomic mass is 16.1. The molecule has 1 atom stereocenters. The van der Waals surface area contributed by atoms with Crippen molar-refractivity contribution in [3.63, 3.8) is 0 Å². The van der Waals surface area contributed by atoms with E-state index in [0.717, 1.165) is 16.3 Å². The molecule has 0 aliphatic heterocycles. The van der Waals surface area contributed by atoms with E-state index in [9.17, 15) is 9.59 Å². The van der Waals surface area contributed by atoms with Gasteiger partial charge in [-0.05, 0) is 26.0 Å². The van der Waals surface area contributed by atoms with E-state index in [-0.39, 0.29) is 11.3 Å². The van der Waals surface area contributed by atoms with Gasteiger partial charge in [-0.1, -0.05) is 18.2 Å². The number of ketones is 1. The maximum absolute atomic E-state index is 12.4. The Hall–Kier alpha value is -2.36. The molecule has 0 amide bonds. The fourth-order valence-corrected chi connectivity index (χ4v) is 2.36. The van der Waals surface area contributed by atoms with Gasteiger partial charge in [-0.25, -0.2) is 0 Å². The molecule has 3 rings (SSSR count). The molecular formula is C15H14N2O2. The van der Waals surface area contributed by atoms with Crippen LogP contribution in [0.25, 0.3) is 21.8 Å². The molecule has 0 saturated heterocycles. The smallest absolute Gasteiger partial charge is 0.275 e. The van der Waals surface area contributed by atoms with Crippen LogP contribution in [0.15, 0.2) is 41.3 Å². The molecule has 96 valence electrons. The molecule has 0 aliphatic rings. The number of aromatic amines is 1. The van der Waals surface area contributed by atoms with Crippen LogP contribution in [0.4, 0.5) is 0 Å². The Morgan fingerprint density at radius 2 is 1.95 bits per heavy atom. The zero-order chi connectivity index (χ0) is 13.6. The lowest BCUT2D eigenvalue weighted by Gasteiger charge is -2.11. The Morgan fingerprint density at radius 3 is 2.68 bits per heavy atom. The van der Waals surface area contributed by atoms with Crippen LogP contribution in [0.3, 0.4) is 0 Å². The Morgan fingerprint density at radius 1 is 1.21 bits per heavy atom. The Bertz CT molecular complexity index is 842. The van der Waals surface area contributed by atoms with Crippen LogP contribution in [-0.2, 0) is 4.79 Å². The maximum atomic E-state index is 12.4. The van der Waals surface area contributed by atoms with Gasteiger partial charge in [-0.15, -0.1) is 0 Å². The molecule has 2 aromatic heterocycles. The molecule has 1 aromatic carbocycles. The van der Waals surface area contributed by atoms with Gasteiger partial charge in [-0.3, -0.25) is 9.59 Å². The van der Waals surface area contributed by atoms with Crippen molar-refractivity contribution in [2.75, 3.05) is 0 Å². The molecule has 4 heteroatoms. The van der Waals surface area contributed by atoms with Crippen LogP contribution >= 0.6 is 0 Å². The second-order valence-electron chi connectivity index (χ2n) is 4.77. The SMILES string of the molecule is CC(=O)C(C)n1ccc2c([nH]c3ccccc32)c1=O. The van der Waals surface area contributed by atoms with Crippen LogP contribution in [0.1, 0.15) is 19.9 Å². The Balaban J connectivity index is 2.37. The van der Waals surface area contributed by atoms with Crippen molar-refractivity contribution in [1.29, 1.82) is 0 Å². The van der Waals surface area contributed by atoms with Crippen molar-refractivity contribution in [3.8, 4) is 0 Å². The highest BCUT2D eigenvalue weighted by molar-refractivity contribution is 6.06. The highest BCUT2D eigenvalue weighted by Crippen LogP contribution is 2.23. The lowest BCUT2D eigenvalue weighted by molar-refractivity contribution is -0.119. The summed E-state index contributed by atoms with van der Waals surface area (Å²) in [5, 5.41) is 1.92. The van der Waals surface area contributed by atoms with Crippen molar-refractivity contribution in [1.82, 2.24) is 9.55 Å². The number of hydrogen-bond acceptors (Lipinski definition) is 2. The van der Waals surface area contributed by atoms with Crippen LogP contribution in [0.2, 0.25) is 0 Å². The number of aromatic nitrogens is 2. The number of H-pyrrole nitrogens is 1. The second-order valence-corrected chi connectivity index (χ2v) is 4.77. The first-order chi connectivity index (χ1) is 9.09. The summed E-state index contributed by atoms with van der Waals surface area (Å²) < 4.78 is 1.47. The number of carbonyl (C=O) groups excluding carboxylic acids is 1. The van der Waals surface area contributed by atoms with Gasteiger partial charge in [0.25, 0.3) is 5.56 Å². The monoisotopic (exact) mass is 254 g/mol. The van der Waals surface area contributed by atoms with Gasteiger partial charge in [0.05, 0.1) is 6.04 Å². The van der Waals surface area contributed by atoms with E-state index in [1.165, 1.54) is 11.5 Å². The molecule has 0 fully saturated rings. The van der Waals surface area contributed by atoms with E-state index in [4.69, 9.17) is 0 Å². The second kappa shape index (κ2) is 4.09. The summed E-state index contributed by atoms with van der Waals surface area (Å²) in [4.78, 5) is 27.0. The van der Waals surface area contributed by atoms with Crippen molar-refractivity contribution >= 4 is 27.6 Å². The van der Waals surface area contributed by atoms with Crippen LogP contribution in [0, 0.1) is 0 Å². The molecular weight excluding hydrogens is 240 g/mol. The molecule has 2 heterocycles. The van der Waals surface area contributed by atoms with Crippen molar-refractivity contribution in [3.05, 3.63) is 46.9 Å². The molecule has 0 radical (unpaired) electrons. The summed E-state index contributed by atoms with van der Waals surface area (Å²) in [5.41, 5.74) is 1.33. The van der Waals surface area contributed by atoms with Gasteiger partial charge < -0.3 is 9.55 Å². The first-order valence-electron chi connectivity index (χ1n) is 6.21. The van der Waals surface area contributed by atoms with E-state index >= 15 is 0 Å². The van der Waals surface area contributed by atoms with Gasteiger partial charge in [0.15, 0.2) is 5.78 Å². The predicted molar refractivity (Wildman–Crippen MR) is 75.5 cm³/mol. The topological polar surface area (TPSA) is 54.9 Å². The standard InChI is InChI=1S/C15H14N2O2/c1-9(10(2)18)17-8-7-12-11-5-3-4-6-13(11)16-14(12)15(17)19/h3-9,16H,1-2H3. The van der Waals surface area contributed by atoms with Crippen LogP contribution in [-0.4, -0.2) is 15.3 Å². The third-order valence-electron chi connectivity index (χ3n) is 3.60. The van der Waals surface area contributed by atoms with Gasteiger partial charge in [0.1, 0.15) is 5.52 Å². The minimum Gasteiger partial charge on any atom is -0.350 e. The quantitative estimate of drug-likeness (QED) is 0.764. The summed E-state index contributed by atoms with van der Waals surface area (Å²) in [6.07, 6.45) is 1.69. The maximum Gasteiger partial charge on any atom is 0.275 e. The molecule has 19 heavy (non-hydrogen) atoms. The lowest BCUT2D eigenvalue weighted by atomic mass is 10.2. The summed E-state index contributed by atoms with van der Waals surface area (Å²) in [7, 11) is 0. The summed E-state index contributed by atoms with van der Waals surface area (Å²) in [5.74, 6) is -0.0300. The number of Topliss-reactive ketones (excluding diaryl/α,β-unsaturated/α-hetero) is 1. The number of rotatable bonds is 2. The molecule has 0 saturated carbocycles. The number of carbonyl (C=O) groups is 1. The summed E-state index contributed by atoms with van der Waals surface area (Å²) in [6.45, 7) is 3.23. The number of hydrogen-bond donors (Lipinski definition) is 1. The van der Waals surface area contributed by atoms with Crippen molar-refractivity contribution in [2.45, 2.75) is 19.9 Å². The number of pyridine rings is 1. The molecule has 0 aliphatic carbocycles. The average molecular weight is 254 g/mol. The predicted octanol–water partition coefficient (Wildman–Crippen LogP) is 2.63. The third kappa shape index (κ3) is 1.68.